The maximum atomic E-state index is 12.1. The van der Waals surface area contributed by atoms with Gasteiger partial charge in [-0.05, 0) is 60.9 Å². The van der Waals surface area contributed by atoms with Crippen LogP contribution in [0.2, 0.25) is 5.02 Å². The molecular weight excluding hydrogens is 506 g/mol. The van der Waals surface area contributed by atoms with Crippen molar-refractivity contribution in [3.05, 3.63) is 70.4 Å². The zero-order valence-electron chi connectivity index (χ0n) is 21.5. The number of fused-ring (bicyclic) bond motifs is 1. The predicted octanol–water partition coefficient (Wildman–Crippen LogP) is 4.66. The highest BCUT2D eigenvalue weighted by Crippen LogP contribution is 2.40. The molecule has 1 saturated carbocycles. The SMILES string of the molecule is CCOC(=O)CNC(=O)NCC1CC(O)CC(n2cc(Cc3ccc(C4CC4)cc3)c3c(Cl)cccc32)O1. The van der Waals surface area contributed by atoms with Gasteiger partial charge >= 0.3 is 12.0 Å². The molecule has 0 spiro atoms. The van der Waals surface area contributed by atoms with Crippen LogP contribution in [-0.4, -0.2) is 53.6 Å². The van der Waals surface area contributed by atoms with Crippen molar-refractivity contribution >= 4 is 34.5 Å². The van der Waals surface area contributed by atoms with Crippen molar-refractivity contribution in [3.63, 3.8) is 0 Å². The van der Waals surface area contributed by atoms with Gasteiger partial charge in [-0.15, -0.1) is 0 Å². The summed E-state index contributed by atoms with van der Waals surface area (Å²) >= 11 is 6.68. The van der Waals surface area contributed by atoms with Gasteiger partial charge in [-0.25, -0.2) is 4.79 Å². The molecule has 1 aliphatic heterocycles. The second-order valence-corrected chi connectivity index (χ2v) is 10.5. The Morgan fingerprint density at radius 3 is 2.66 bits per heavy atom. The lowest BCUT2D eigenvalue weighted by Crippen LogP contribution is -2.45. The Morgan fingerprint density at radius 2 is 1.92 bits per heavy atom. The molecule has 9 heteroatoms. The van der Waals surface area contributed by atoms with Crippen LogP contribution >= 0.6 is 11.6 Å². The summed E-state index contributed by atoms with van der Waals surface area (Å²) in [7, 11) is 0. The van der Waals surface area contributed by atoms with E-state index in [-0.39, 0.29) is 19.7 Å². The van der Waals surface area contributed by atoms with Crippen molar-refractivity contribution in [1.82, 2.24) is 15.2 Å². The van der Waals surface area contributed by atoms with Crippen LogP contribution in [0.5, 0.6) is 0 Å². The number of aliphatic hydroxyl groups excluding tert-OH is 1. The first kappa shape index (κ1) is 26.5. The number of rotatable bonds is 9. The quantitative estimate of drug-likeness (QED) is 0.343. The largest absolute Gasteiger partial charge is 0.465 e. The summed E-state index contributed by atoms with van der Waals surface area (Å²) in [6.07, 6.45) is 4.80. The standard InChI is InChI=1S/C29H34ClN3O5/c1-2-37-27(35)16-32-29(36)31-15-23-13-22(34)14-26(38-23)33-17-21(28-24(30)4-3-5-25(28)33)12-18-6-8-19(9-7-18)20-10-11-20/h3-9,17,20,22-23,26,34H,2,10-16H2,1H3,(H2,31,32,36). The Labute approximate surface area is 227 Å². The van der Waals surface area contributed by atoms with E-state index in [0.29, 0.717) is 17.9 Å². The van der Waals surface area contributed by atoms with Crippen LogP contribution in [-0.2, 0) is 20.7 Å². The van der Waals surface area contributed by atoms with Crippen molar-refractivity contribution < 1.29 is 24.2 Å². The number of hydrogen-bond donors (Lipinski definition) is 3. The average Bonchev–Trinajstić information content (AvgIpc) is 3.68. The molecule has 1 aliphatic carbocycles. The Hall–Kier alpha value is -3.07. The first-order valence-electron chi connectivity index (χ1n) is 13.3. The number of amides is 2. The highest BCUT2D eigenvalue weighted by atomic mass is 35.5. The van der Waals surface area contributed by atoms with E-state index in [9.17, 15) is 14.7 Å². The molecule has 2 amide bonds. The first-order chi connectivity index (χ1) is 18.4. The normalized spacial score (nSPS) is 21.3. The summed E-state index contributed by atoms with van der Waals surface area (Å²) in [6.45, 7) is 1.95. The molecule has 202 valence electrons. The van der Waals surface area contributed by atoms with Crippen LogP contribution in [0.4, 0.5) is 4.79 Å². The lowest BCUT2D eigenvalue weighted by molar-refractivity contribution is -0.141. The zero-order valence-corrected chi connectivity index (χ0v) is 22.2. The number of urea groups is 1. The van der Waals surface area contributed by atoms with Crippen molar-refractivity contribution in [2.24, 2.45) is 0 Å². The van der Waals surface area contributed by atoms with E-state index in [1.165, 1.54) is 24.0 Å². The number of esters is 1. The maximum Gasteiger partial charge on any atom is 0.325 e. The molecule has 5 rings (SSSR count). The molecule has 2 fully saturated rings. The van der Waals surface area contributed by atoms with Gasteiger partial charge in [0.05, 0.1) is 29.4 Å². The highest BCUT2D eigenvalue weighted by Gasteiger charge is 2.31. The molecule has 1 saturated heterocycles. The summed E-state index contributed by atoms with van der Waals surface area (Å²) in [6, 6.07) is 14.2. The zero-order chi connectivity index (χ0) is 26.6. The van der Waals surface area contributed by atoms with Crippen LogP contribution in [0.1, 0.15) is 61.4 Å². The topological polar surface area (TPSA) is 102 Å². The number of hydrogen-bond acceptors (Lipinski definition) is 5. The van der Waals surface area contributed by atoms with Gasteiger partial charge in [-0.3, -0.25) is 4.79 Å². The first-order valence-corrected chi connectivity index (χ1v) is 13.7. The van der Waals surface area contributed by atoms with E-state index in [0.717, 1.165) is 28.8 Å². The summed E-state index contributed by atoms with van der Waals surface area (Å²) in [5, 5.41) is 17.5. The molecule has 3 atom stereocenters. The number of benzene rings is 2. The van der Waals surface area contributed by atoms with Crippen LogP contribution in [0, 0.1) is 0 Å². The number of halogens is 1. The summed E-state index contributed by atoms with van der Waals surface area (Å²) < 4.78 is 13.2. The second-order valence-electron chi connectivity index (χ2n) is 10.1. The van der Waals surface area contributed by atoms with Crippen molar-refractivity contribution in [2.45, 2.75) is 63.4 Å². The molecule has 2 aliphatic rings. The summed E-state index contributed by atoms with van der Waals surface area (Å²) in [4.78, 5) is 23.6. The monoisotopic (exact) mass is 539 g/mol. The van der Waals surface area contributed by atoms with E-state index in [4.69, 9.17) is 21.1 Å². The van der Waals surface area contributed by atoms with Gasteiger partial charge in [-0.1, -0.05) is 41.9 Å². The molecule has 3 aromatic rings. The maximum absolute atomic E-state index is 12.1. The predicted molar refractivity (Wildman–Crippen MR) is 145 cm³/mol. The molecule has 3 unspecified atom stereocenters. The molecule has 8 nitrogen and oxygen atoms in total. The van der Waals surface area contributed by atoms with Gasteiger partial charge in [0.25, 0.3) is 0 Å². The number of ether oxygens (including phenoxy) is 2. The van der Waals surface area contributed by atoms with E-state index in [1.54, 1.807) is 6.92 Å². The fraction of sp³-hybridized carbons (Fsp3) is 0.448. The minimum atomic E-state index is -0.585. The molecule has 2 heterocycles. The molecule has 0 bridgehead atoms. The van der Waals surface area contributed by atoms with E-state index in [2.05, 4.69) is 41.1 Å². The van der Waals surface area contributed by atoms with Gasteiger partial charge in [-0.2, -0.15) is 0 Å². The van der Waals surface area contributed by atoms with Gasteiger partial charge in [0.2, 0.25) is 0 Å². The van der Waals surface area contributed by atoms with Gasteiger partial charge in [0.1, 0.15) is 12.8 Å². The molecule has 3 N–H and O–H groups in total. The van der Waals surface area contributed by atoms with Crippen LogP contribution in [0.25, 0.3) is 10.9 Å². The fourth-order valence-electron chi connectivity index (χ4n) is 5.17. The highest BCUT2D eigenvalue weighted by molar-refractivity contribution is 6.35. The minimum absolute atomic E-state index is 0.197. The average molecular weight is 540 g/mol. The van der Waals surface area contributed by atoms with Crippen LogP contribution in [0.3, 0.4) is 0 Å². The lowest BCUT2D eigenvalue weighted by atomic mass is 10.0. The molecule has 1 aromatic heterocycles. The van der Waals surface area contributed by atoms with Crippen molar-refractivity contribution in [3.8, 4) is 0 Å². The van der Waals surface area contributed by atoms with Gasteiger partial charge < -0.3 is 29.8 Å². The minimum Gasteiger partial charge on any atom is -0.465 e. The van der Waals surface area contributed by atoms with Crippen LogP contribution in [0.15, 0.2) is 48.7 Å². The number of aromatic nitrogens is 1. The number of carbonyl (C=O) groups is 2. The summed E-state index contributed by atoms with van der Waals surface area (Å²) in [5.41, 5.74) is 4.67. The summed E-state index contributed by atoms with van der Waals surface area (Å²) in [5.74, 6) is 0.223. The third kappa shape index (κ3) is 6.31. The number of nitrogens with zero attached hydrogens (tertiary/aromatic N) is 1. The van der Waals surface area contributed by atoms with E-state index < -0.39 is 30.4 Å². The van der Waals surface area contributed by atoms with Crippen molar-refractivity contribution in [1.29, 1.82) is 0 Å². The van der Waals surface area contributed by atoms with Gasteiger partial charge in [0.15, 0.2) is 0 Å². The second kappa shape index (κ2) is 11.8. The van der Waals surface area contributed by atoms with E-state index >= 15 is 0 Å². The number of aliphatic hydroxyl groups is 1. The fourth-order valence-corrected chi connectivity index (χ4v) is 5.47. The molecule has 0 radical (unpaired) electrons. The molecule has 2 aromatic carbocycles. The number of carbonyl (C=O) groups excluding carboxylic acids is 2. The van der Waals surface area contributed by atoms with Crippen molar-refractivity contribution in [2.75, 3.05) is 19.7 Å². The Kier molecular flexibility index (Phi) is 8.21. The molecule has 38 heavy (non-hydrogen) atoms. The number of nitrogens with one attached hydrogen (secondary N) is 2. The van der Waals surface area contributed by atoms with Gasteiger partial charge in [0, 0.05) is 31.0 Å². The third-order valence-corrected chi connectivity index (χ3v) is 7.48. The Morgan fingerprint density at radius 1 is 1.13 bits per heavy atom. The lowest BCUT2D eigenvalue weighted by Gasteiger charge is -2.34. The van der Waals surface area contributed by atoms with Crippen LogP contribution < -0.4 is 10.6 Å². The Balaban J connectivity index is 1.29. The van der Waals surface area contributed by atoms with E-state index in [1.807, 2.05) is 22.8 Å². The molecular formula is C29H34ClN3O5. The smallest absolute Gasteiger partial charge is 0.325 e. The third-order valence-electron chi connectivity index (χ3n) is 7.17. The Bertz CT molecular complexity index is 1290.